The number of carbonyl (C=O) groups is 1. The number of likely N-dealkylation sites (tertiary alicyclic amines) is 1. The van der Waals surface area contributed by atoms with E-state index in [1.165, 1.54) is 6.33 Å². The third kappa shape index (κ3) is 4.08. The minimum atomic E-state index is -0.504. The monoisotopic (exact) mass is 445 g/mol. The molecule has 10 nitrogen and oxygen atoms in total. The van der Waals surface area contributed by atoms with Crippen LogP contribution in [0.2, 0.25) is 0 Å². The summed E-state index contributed by atoms with van der Waals surface area (Å²) in [6, 6.07) is 13.0. The van der Waals surface area contributed by atoms with E-state index in [1.54, 1.807) is 17.2 Å². The van der Waals surface area contributed by atoms with Crippen molar-refractivity contribution in [2.24, 2.45) is 0 Å². The van der Waals surface area contributed by atoms with E-state index in [-0.39, 0.29) is 11.9 Å². The molecule has 168 valence electrons. The number of aliphatic hydroxyl groups is 1. The fraction of sp³-hybridized carbons (Fsp3) is 0.261. The smallest absolute Gasteiger partial charge is 0.248 e. The summed E-state index contributed by atoms with van der Waals surface area (Å²) < 4.78 is 7.60. The van der Waals surface area contributed by atoms with Crippen molar-refractivity contribution in [3.8, 4) is 22.9 Å². The van der Waals surface area contributed by atoms with Crippen molar-refractivity contribution in [2.45, 2.75) is 18.9 Å². The van der Waals surface area contributed by atoms with E-state index < -0.39 is 6.61 Å². The summed E-state index contributed by atoms with van der Waals surface area (Å²) >= 11 is 0. The van der Waals surface area contributed by atoms with E-state index in [4.69, 9.17) is 15.6 Å². The normalized spacial score (nSPS) is 16.2. The Bertz CT molecular complexity index is 1270. The number of aliphatic hydroxyl groups excluding tert-OH is 1. The number of nitrogen functional groups attached to an aromatic ring is 1. The van der Waals surface area contributed by atoms with Gasteiger partial charge in [0.15, 0.2) is 5.65 Å². The summed E-state index contributed by atoms with van der Waals surface area (Å²) in [6.45, 7) is 0.559. The first-order valence-electron chi connectivity index (χ1n) is 10.7. The number of nitrogens with zero attached hydrogens (tertiary/aromatic N) is 6. The molecule has 1 aliphatic heterocycles. The number of para-hydroxylation sites is 1. The molecule has 1 aliphatic rings. The predicted molar refractivity (Wildman–Crippen MR) is 121 cm³/mol. The van der Waals surface area contributed by atoms with Crippen molar-refractivity contribution in [3.63, 3.8) is 0 Å². The Morgan fingerprint density at radius 2 is 2.00 bits per heavy atom. The summed E-state index contributed by atoms with van der Waals surface area (Å²) in [5, 5.41) is 14.7. The molecule has 4 aromatic rings. The lowest BCUT2D eigenvalue weighted by atomic mass is 10.1. The summed E-state index contributed by atoms with van der Waals surface area (Å²) in [5.74, 6) is 1.20. The molecule has 1 aromatic carbocycles. The lowest BCUT2D eigenvalue weighted by molar-refractivity contribution is -0.135. The number of piperidine rings is 1. The fourth-order valence-corrected chi connectivity index (χ4v) is 4.12. The number of rotatable bonds is 5. The molecule has 1 unspecified atom stereocenters. The first kappa shape index (κ1) is 20.8. The zero-order chi connectivity index (χ0) is 22.8. The highest BCUT2D eigenvalue weighted by Crippen LogP contribution is 2.34. The zero-order valence-corrected chi connectivity index (χ0v) is 17.8. The molecule has 10 heteroatoms. The van der Waals surface area contributed by atoms with E-state index in [9.17, 15) is 9.90 Å². The van der Waals surface area contributed by atoms with Crippen LogP contribution in [0.4, 0.5) is 5.82 Å². The van der Waals surface area contributed by atoms with Gasteiger partial charge in [0.05, 0.1) is 11.4 Å². The number of benzene rings is 1. The van der Waals surface area contributed by atoms with Crippen LogP contribution >= 0.6 is 0 Å². The van der Waals surface area contributed by atoms with Gasteiger partial charge in [0.2, 0.25) is 11.8 Å². The number of hydrogen-bond acceptors (Lipinski definition) is 8. The van der Waals surface area contributed by atoms with Gasteiger partial charge in [-0.25, -0.2) is 19.6 Å². The van der Waals surface area contributed by atoms with Gasteiger partial charge >= 0.3 is 0 Å². The Kier molecular flexibility index (Phi) is 5.57. The van der Waals surface area contributed by atoms with Gasteiger partial charge in [-0.3, -0.25) is 4.79 Å². The molecule has 0 bridgehead atoms. The average Bonchev–Trinajstić information content (AvgIpc) is 3.26. The van der Waals surface area contributed by atoms with Crippen LogP contribution in [0.3, 0.4) is 0 Å². The van der Waals surface area contributed by atoms with Crippen molar-refractivity contribution in [1.29, 1.82) is 0 Å². The Balaban J connectivity index is 1.49. The highest BCUT2D eigenvalue weighted by molar-refractivity contribution is 5.98. The van der Waals surface area contributed by atoms with Crippen molar-refractivity contribution in [2.75, 3.05) is 25.4 Å². The van der Waals surface area contributed by atoms with Crippen molar-refractivity contribution >= 4 is 22.8 Å². The van der Waals surface area contributed by atoms with Crippen LogP contribution in [-0.2, 0) is 4.79 Å². The molecular formula is C23H23N7O3. The number of carbonyl (C=O) groups excluding carboxylic acids is 1. The molecule has 0 saturated carbocycles. The maximum absolute atomic E-state index is 12.0. The summed E-state index contributed by atoms with van der Waals surface area (Å²) in [5.41, 5.74) is 8.19. The second kappa shape index (κ2) is 8.83. The van der Waals surface area contributed by atoms with E-state index >= 15 is 0 Å². The molecule has 0 aliphatic carbocycles. The molecule has 1 amide bonds. The number of nitrogens with two attached hydrogens (primary N) is 1. The summed E-state index contributed by atoms with van der Waals surface area (Å²) in [7, 11) is 0. The third-order valence-corrected chi connectivity index (χ3v) is 5.72. The Hall–Kier alpha value is -4.05. The van der Waals surface area contributed by atoms with Crippen molar-refractivity contribution in [3.05, 3.63) is 55.0 Å². The van der Waals surface area contributed by atoms with Crippen molar-refractivity contribution < 1.29 is 14.6 Å². The first-order chi connectivity index (χ1) is 16.1. The van der Waals surface area contributed by atoms with Gasteiger partial charge in [-0.2, -0.15) is 5.10 Å². The van der Waals surface area contributed by atoms with Crippen LogP contribution in [0.25, 0.3) is 22.3 Å². The second-order valence-electron chi connectivity index (χ2n) is 7.84. The minimum absolute atomic E-state index is 0.0894. The maximum Gasteiger partial charge on any atom is 0.248 e. The molecule has 0 spiro atoms. The number of pyridine rings is 1. The molecule has 1 saturated heterocycles. The predicted octanol–water partition coefficient (Wildman–Crippen LogP) is 2.42. The van der Waals surface area contributed by atoms with Crippen LogP contribution < -0.4 is 10.5 Å². The van der Waals surface area contributed by atoms with Crippen LogP contribution in [0.15, 0.2) is 55.0 Å². The van der Waals surface area contributed by atoms with E-state index in [2.05, 4.69) is 15.0 Å². The Morgan fingerprint density at radius 3 is 2.76 bits per heavy atom. The van der Waals surface area contributed by atoms with Gasteiger partial charge < -0.3 is 20.5 Å². The Labute approximate surface area is 189 Å². The summed E-state index contributed by atoms with van der Waals surface area (Å²) in [6.07, 6.45) is 4.73. The number of hydrogen-bond donors (Lipinski definition) is 2. The maximum atomic E-state index is 12.0. The largest absolute Gasteiger partial charge is 0.439 e. The van der Waals surface area contributed by atoms with Gasteiger partial charge in [0.25, 0.3) is 0 Å². The van der Waals surface area contributed by atoms with Gasteiger partial charge in [0.1, 0.15) is 30.2 Å². The van der Waals surface area contributed by atoms with E-state index in [0.717, 1.165) is 18.4 Å². The number of amides is 1. The molecule has 3 N–H and O–H groups in total. The highest BCUT2D eigenvalue weighted by Gasteiger charge is 2.28. The quantitative estimate of drug-likeness (QED) is 0.479. The zero-order valence-electron chi connectivity index (χ0n) is 17.8. The van der Waals surface area contributed by atoms with Crippen LogP contribution in [0.5, 0.6) is 11.6 Å². The van der Waals surface area contributed by atoms with Gasteiger partial charge in [0, 0.05) is 30.9 Å². The van der Waals surface area contributed by atoms with E-state index in [0.29, 0.717) is 47.3 Å². The standard InChI is InChI=1S/C23H23N7O3/c24-22-20-21(15-8-9-18(25-11-15)33-17-6-2-1-3-7-17)28-30(23(20)27-14-26-22)16-5-4-10-29(12-16)19(32)13-31/h1-3,6-9,11,14,16,31H,4-5,10,12-13H2,(H2,24,26,27). The molecule has 1 fully saturated rings. The van der Waals surface area contributed by atoms with E-state index in [1.807, 2.05) is 41.1 Å². The fourth-order valence-electron chi connectivity index (χ4n) is 4.12. The van der Waals surface area contributed by atoms with Gasteiger partial charge in [-0.05, 0) is 31.0 Å². The molecule has 3 aromatic heterocycles. The van der Waals surface area contributed by atoms with Gasteiger partial charge in [-0.1, -0.05) is 18.2 Å². The molecule has 0 radical (unpaired) electrons. The Morgan fingerprint density at radius 1 is 1.15 bits per heavy atom. The number of ether oxygens (including phenoxy) is 1. The number of anilines is 1. The van der Waals surface area contributed by atoms with Crippen LogP contribution in [0.1, 0.15) is 18.9 Å². The molecule has 33 heavy (non-hydrogen) atoms. The lowest BCUT2D eigenvalue weighted by Gasteiger charge is -2.32. The van der Waals surface area contributed by atoms with Crippen LogP contribution in [0, 0.1) is 0 Å². The topological polar surface area (TPSA) is 132 Å². The molecule has 4 heterocycles. The third-order valence-electron chi connectivity index (χ3n) is 5.72. The number of aromatic nitrogens is 5. The highest BCUT2D eigenvalue weighted by atomic mass is 16.5. The molecule has 5 rings (SSSR count). The molecular weight excluding hydrogens is 422 g/mol. The SMILES string of the molecule is Nc1ncnc2c1c(-c1ccc(Oc3ccccc3)nc1)nn2C1CCCN(C(=O)CO)C1. The summed E-state index contributed by atoms with van der Waals surface area (Å²) in [4.78, 5) is 26.7. The van der Waals surface area contributed by atoms with Crippen molar-refractivity contribution in [1.82, 2.24) is 29.6 Å². The minimum Gasteiger partial charge on any atom is -0.439 e. The lowest BCUT2D eigenvalue weighted by Crippen LogP contribution is -2.42. The second-order valence-corrected chi connectivity index (χ2v) is 7.84. The van der Waals surface area contributed by atoms with Gasteiger partial charge in [-0.15, -0.1) is 0 Å². The van der Waals surface area contributed by atoms with Crippen LogP contribution in [-0.4, -0.2) is 60.3 Å². The molecule has 1 atom stereocenters. The average molecular weight is 445 g/mol. The first-order valence-corrected chi connectivity index (χ1v) is 10.7. The number of fused-ring (bicyclic) bond motifs is 1.